The van der Waals surface area contributed by atoms with Crippen molar-refractivity contribution < 1.29 is 13.6 Å². The van der Waals surface area contributed by atoms with Gasteiger partial charge in [0.15, 0.2) is 12.1 Å². The van der Waals surface area contributed by atoms with E-state index in [-0.39, 0.29) is 5.37 Å². The first-order valence-electron chi connectivity index (χ1n) is 5.43. The van der Waals surface area contributed by atoms with Crippen LogP contribution >= 0.6 is 11.9 Å². The van der Waals surface area contributed by atoms with Crippen LogP contribution in [0.1, 0.15) is 11.1 Å². The van der Waals surface area contributed by atoms with Crippen molar-refractivity contribution in [2.45, 2.75) is 5.37 Å². The maximum atomic E-state index is 5.19. The number of nitrogens with zero attached hydrogens (tertiary/aromatic N) is 8. The molecule has 1 aliphatic rings. The smallest absolute Gasteiger partial charge is 0.329 e. The molecule has 20 heavy (non-hydrogen) atoms. The lowest BCUT2D eigenvalue weighted by Crippen LogP contribution is -2.26. The fourth-order valence-electron chi connectivity index (χ4n) is 1.78. The number of rotatable bonds is 3. The van der Waals surface area contributed by atoms with Gasteiger partial charge in [-0.05, 0) is 17.1 Å². The standard InChI is InChI=1S/C8H6N8O3S/c1-6(13-19-10-1)15-4-16(8-12-9-3-17-8)20-7(15)5-2-18-14-11-5/h1-3,7H,4H2. The van der Waals surface area contributed by atoms with E-state index in [1.54, 1.807) is 4.31 Å². The molecule has 3 aromatic heterocycles. The van der Waals surface area contributed by atoms with Gasteiger partial charge in [-0.15, -0.1) is 10.2 Å². The van der Waals surface area contributed by atoms with E-state index in [0.29, 0.717) is 24.2 Å². The third-order valence-corrected chi connectivity index (χ3v) is 3.85. The number of anilines is 2. The minimum atomic E-state index is -0.208. The van der Waals surface area contributed by atoms with E-state index in [0.717, 1.165) is 0 Å². The van der Waals surface area contributed by atoms with Crippen molar-refractivity contribution >= 4 is 23.8 Å². The number of hydrogen-bond acceptors (Lipinski definition) is 12. The molecular formula is C8H6N8O3S. The van der Waals surface area contributed by atoms with Crippen LogP contribution in [0.15, 0.2) is 32.4 Å². The van der Waals surface area contributed by atoms with Gasteiger partial charge in [0.1, 0.15) is 23.9 Å². The van der Waals surface area contributed by atoms with Crippen LogP contribution < -0.4 is 9.21 Å². The summed E-state index contributed by atoms with van der Waals surface area (Å²) < 4.78 is 16.4. The minimum absolute atomic E-state index is 0.208. The summed E-state index contributed by atoms with van der Waals surface area (Å²) in [5, 5.41) is 22.2. The fraction of sp³-hybridized carbons (Fsp3) is 0.250. The van der Waals surface area contributed by atoms with E-state index in [9.17, 15) is 0 Å². The highest BCUT2D eigenvalue weighted by atomic mass is 32.2. The van der Waals surface area contributed by atoms with Gasteiger partial charge in [0.05, 0.1) is 0 Å². The third kappa shape index (κ3) is 1.77. The Morgan fingerprint density at radius 3 is 3.05 bits per heavy atom. The van der Waals surface area contributed by atoms with Gasteiger partial charge in [-0.3, -0.25) is 0 Å². The molecular weight excluding hydrogens is 288 g/mol. The Kier molecular flexibility index (Phi) is 2.51. The lowest BCUT2D eigenvalue weighted by atomic mass is 10.4. The molecule has 0 bridgehead atoms. The van der Waals surface area contributed by atoms with Gasteiger partial charge in [-0.25, -0.2) is 8.93 Å². The second-order valence-electron chi connectivity index (χ2n) is 3.76. The first-order chi connectivity index (χ1) is 9.92. The lowest BCUT2D eigenvalue weighted by Gasteiger charge is -2.17. The highest BCUT2D eigenvalue weighted by Crippen LogP contribution is 2.43. The summed E-state index contributed by atoms with van der Waals surface area (Å²) in [5.74, 6) is 0.563. The van der Waals surface area contributed by atoms with Gasteiger partial charge in [-0.2, -0.15) is 0 Å². The molecule has 3 aromatic rings. The average Bonchev–Trinajstić information content (AvgIpc) is 3.22. The Bertz CT molecular complexity index is 614. The van der Waals surface area contributed by atoms with E-state index < -0.39 is 0 Å². The van der Waals surface area contributed by atoms with Crippen molar-refractivity contribution in [2.75, 3.05) is 15.9 Å². The Hall–Kier alpha value is -2.63. The molecule has 0 aliphatic carbocycles. The summed E-state index contributed by atoms with van der Waals surface area (Å²) in [5.41, 5.74) is 0.639. The number of hydrogen-bond donors (Lipinski definition) is 0. The molecule has 102 valence electrons. The molecule has 1 unspecified atom stereocenters. The van der Waals surface area contributed by atoms with Crippen LogP contribution in [0.25, 0.3) is 0 Å². The first-order valence-corrected chi connectivity index (χ1v) is 6.27. The minimum Gasteiger partial charge on any atom is -0.410 e. The number of aromatic nitrogens is 6. The highest BCUT2D eigenvalue weighted by molar-refractivity contribution is 8.01. The fourth-order valence-corrected chi connectivity index (χ4v) is 2.88. The molecule has 0 amide bonds. The summed E-state index contributed by atoms with van der Waals surface area (Å²) in [6.45, 7) is 0.443. The molecule has 4 rings (SSSR count). The summed E-state index contributed by atoms with van der Waals surface area (Å²) in [6, 6.07) is 0.385. The molecule has 11 nitrogen and oxygen atoms in total. The van der Waals surface area contributed by atoms with Crippen LogP contribution in [-0.4, -0.2) is 37.5 Å². The summed E-state index contributed by atoms with van der Waals surface area (Å²) in [6.07, 6.45) is 4.25. The monoisotopic (exact) mass is 294 g/mol. The molecule has 12 heteroatoms. The molecule has 0 N–H and O–H groups in total. The molecule has 1 atom stereocenters. The van der Waals surface area contributed by atoms with Crippen molar-refractivity contribution in [1.29, 1.82) is 0 Å². The Morgan fingerprint density at radius 2 is 2.35 bits per heavy atom. The van der Waals surface area contributed by atoms with Crippen molar-refractivity contribution in [1.82, 2.24) is 30.9 Å². The summed E-state index contributed by atoms with van der Waals surface area (Å²) >= 11 is 1.42. The van der Waals surface area contributed by atoms with Crippen LogP contribution in [-0.2, 0) is 0 Å². The molecule has 0 radical (unpaired) electrons. The second-order valence-corrected chi connectivity index (χ2v) is 4.86. The summed E-state index contributed by atoms with van der Waals surface area (Å²) in [7, 11) is 0. The normalized spacial score (nSPS) is 18.9. The molecule has 1 fully saturated rings. The first kappa shape index (κ1) is 11.2. The SMILES string of the molecule is c1nnc(N2CN(c3cnon3)C(c3conn3)S2)o1. The quantitative estimate of drug-likeness (QED) is 0.623. The average molecular weight is 294 g/mol. The van der Waals surface area contributed by atoms with E-state index in [1.807, 2.05) is 4.90 Å². The molecule has 1 saturated heterocycles. The highest BCUT2D eigenvalue weighted by Gasteiger charge is 2.38. The van der Waals surface area contributed by atoms with Gasteiger partial charge in [0, 0.05) is 5.27 Å². The molecule has 0 aromatic carbocycles. The molecule has 1 aliphatic heterocycles. The van der Waals surface area contributed by atoms with E-state index in [4.69, 9.17) is 8.94 Å². The van der Waals surface area contributed by atoms with Gasteiger partial charge in [0.2, 0.25) is 6.39 Å². The van der Waals surface area contributed by atoms with Gasteiger partial charge < -0.3 is 13.8 Å². The zero-order valence-corrected chi connectivity index (χ0v) is 10.5. The second kappa shape index (κ2) is 4.48. The van der Waals surface area contributed by atoms with Crippen LogP contribution in [0.2, 0.25) is 0 Å². The predicted octanol–water partition coefficient (Wildman–Crippen LogP) is 0.467. The maximum Gasteiger partial charge on any atom is 0.329 e. The van der Waals surface area contributed by atoms with E-state index in [2.05, 4.69) is 35.5 Å². The van der Waals surface area contributed by atoms with Crippen molar-refractivity contribution in [3.05, 3.63) is 24.5 Å². The largest absolute Gasteiger partial charge is 0.410 e. The van der Waals surface area contributed by atoms with Crippen molar-refractivity contribution in [3.63, 3.8) is 0 Å². The lowest BCUT2D eigenvalue weighted by molar-refractivity contribution is 0.307. The molecule has 4 heterocycles. The predicted molar refractivity (Wildman–Crippen MR) is 63.1 cm³/mol. The van der Waals surface area contributed by atoms with Gasteiger partial charge >= 0.3 is 6.01 Å². The Labute approximate surface area is 115 Å². The zero-order valence-electron chi connectivity index (χ0n) is 9.73. The van der Waals surface area contributed by atoms with Crippen molar-refractivity contribution in [2.24, 2.45) is 0 Å². The van der Waals surface area contributed by atoms with E-state index in [1.165, 1.54) is 30.8 Å². The van der Waals surface area contributed by atoms with Crippen LogP contribution in [0.3, 0.4) is 0 Å². The Balaban J connectivity index is 1.68. The molecule has 0 spiro atoms. The topological polar surface area (TPSA) is 123 Å². The maximum absolute atomic E-state index is 5.19. The van der Waals surface area contributed by atoms with Crippen LogP contribution in [0.5, 0.6) is 0 Å². The summed E-state index contributed by atoms with van der Waals surface area (Å²) in [4.78, 5) is 1.89. The van der Waals surface area contributed by atoms with Crippen molar-refractivity contribution in [3.8, 4) is 0 Å². The van der Waals surface area contributed by atoms with Gasteiger partial charge in [0.25, 0.3) is 0 Å². The molecule has 0 saturated carbocycles. The zero-order chi connectivity index (χ0) is 13.4. The Morgan fingerprint density at radius 1 is 1.35 bits per heavy atom. The third-order valence-electron chi connectivity index (χ3n) is 2.63. The van der Waals surface area contributed by atoms with Gasteiger partial charge in [-0.1, -0.05) is 10.3 Å². The van der Waals surface area contributed by atoms with E-state index >= 15 is 0 Å². The van der Waals surface area contributed by atoms with Crippen LogP contribution in [0, 0.1) is 0 Å². The van der Waals surface area contributed by atoms with Crippen LogP contribution in [0.4, 0.5) is 11.8 Å².